The van der Waals surface area contributed by atoms with Crippen LogP contribution in [-0.2, 0) is 17.9 Å². The zero-order valence-electron chi connectivity index (χ0n) is 14.8. The molecule has 25 heavy (non-hydrogen) atoms. The Morgan fingerprint density at radius 2 is 2.24 bits per heavy atom. The molecule has 0 aliphatic heterocycles. The smallest absolute Gasteiger partial charge is 0.213 e. The molecule has 2 N–H and O–H groups in total. The molecular formula is C18H26N4O3. The van der Waals surface area contributed by atoms with E-state index < -0.39 is 0 Å². The number of furan rings is 1. The van der Waals surface area contributed by atoms with Crippen molar-refractivity contribution < 1.29 is 13.9 Å². The summed E-state index contributed by atoms with van der Waals surface area (Å²) in [6.45, 7) is 5.14. The van der Waals surface area contributed by atoms with Crippen LogP contribution in [0.1, 0.15) is 24.7 Å². The van der Waals surface area contributed by atoms with E-state index >= 15 is 0 Å². The van der Waals surface area contributed by atoms with E-state index in [2.05, 4.69) is 20.6 Å². The largest absolute Gasteiger partial charge is 0.478 e. The summed E-state index contributed by atoms with van der Waals surface area (Å²) in [5.74, 6) is 2.23. The molecule has 136 valence electrons. The monoisotopic (exact) mass is 346 g/mol. The quantitative estimate of drug-likeness (QED) is 0.390. The number of guanidine groups is 1. The number of aromatic nitrogens is 1. The highest BCUT2D eigenvalue weighted by Crippen LogP contribution is 2.08. The van der Waals surface area contributed by atoms with Crippen LogP contribution >= 0.6 is 0 Å². The van der Waals surface area contributed by atoms with Gasteiger partial charge in [0.25, 0.3) is 0 Å². The number of nitrogens with one attached hydrogen (secondary N) is 2. The molecule has 0 fully saturated rings. The average molecular weight is 346 g/mol. The van der Waals surface area contributed by atoms with Gasteiger partial charge >= 0.3 is 0 Å². The van der Waals surface area contributed by atoms with E-state index in [1.54, 1.807) is 19.5 Å². The summed E-state index contributed by atoms with van der Waals surface area (Å²) >= 11 is 0. The summed E-state index contributed by atoms with van der Waals surface area (Å²) in [5.41, 5.74) is 1.09. The molecule has 0 saturated carbocycles. The van der Waals surface area contributed by atoms with Gasteiger partial charge in [-0.1, -0.05) is 0 Å². The number of aliphatic imine (C=N–C) groups is 1. The lowest BCUT2D eigenvalue weighted by molar-refractivity contribution is 0.105. The summed E-state index contributed by atoms with van der Waals surface area (Å²) in [6.07, 6.45) is 4.27. The Kier molecular flexibility index (Phi) is 8.34. The molecule has 0 aliphatic carbocycles. The second-order valence-corrected chi connectivity index (χ2v) is 5.27. The second-order valence-electron chi connectivity index (χ2n) is 5.27. The predicted molar refractivity (Wildman–Crippen MR) is 96.6 cm³/mol. The van der Waals surface area contributed by atoms with Gasteiger partial charge in [-0.15, -0.1) is 0 Å². The van der Waals surface area contributed by atoms with Crippen LogP contribution in [0.5, 0.6) is 5.88 Å². The van der Waals surface area contributed by atoms with Crippen molar-refractivity contribution in [3.63, 3.8) is 0 Å². The number of nitrogens with zero attached hydrogens (tertiary/aromatic N) is 2. The normalized spacial score (nSPS) is 11.4. The molecule has 0 radical (unpaired) electrons. The standard InChI is InChI=1S/C18H26N4O3/c1-3-24-17-12-15(7-9-20-17)13-22-18(19-2)21-8-5-10-23-14-16-6-4-11-25-16/h4,6-7,9,11-12H,3,5,8,10,13-14H2,1-2H3,(H2,19,21,22). The Labute approximate surface area is 148 Å². The number of pyridine rings is 1. The van der Waals surface area contributed by atoms with E-state index in [1.165, 1.54) is 0 Å². The number of hydrogen-bond donors (Lipinski definition) is 2. The van der Waals surface area contributed by atoms with E-state index in [-0.39, 0.29) is 0 Å². The van der Waals surface area contributed by atoms with E-state index in [1.807, 2.05) is 31.2 Å². The molecule has 2 aromatic rings. The molecule has 0 spiro atoms. The molecular weight excluding hydrogens is 320 g/mol. The van der Waals surface area contributed by atoms with Crippen LogP contribution < -0.4 is 15.4 Å². The highest BCUT2D eigenvalue weighted by Gasteiger charge is 2.01. The second kappa shape index (κ2) is 11.1. The van der Waals surface area contributed by atoms with Gasteiger partial charge in [0.1, 0.15) is 12.4 Å². The van der Waals surface area contributed by atoms with Crippen molar-refractivity contribution >= 4 is 5.96 Å². The SMILES string of the molecule is CCOc1cc(CNC(=NC)NCCCOCc2ccco2)ccn1. The highest BCUT2D eigenvalue weighted by molar-refractivity contribution is 5.79. The lowest BCUT2D eigenvalue weighted by Crippen LogP contribution is -2.37. The van der Waals surface area contributed by atoms with Crippen LogP contribution in [0.15, 0.2) is 46.1 Å². The summed E-state index contributed by atoms with van der Waals surface area (Å²) in [5, 5.41) is 6.53. The Morgan fingerprint density at radius 3 is 3.00 bits per heavy atom. The third-order valence-electron chi connectivity index (χ3n) is 3.36. The van der Waals surface area contributed by atoms with Gasteiger partial charge in [-0.25, -0.2) is 4.98 Å². The van der Waals surface area contributed by atoms with Gasteiger partial charge in [-0.2, -0.15) is 0 Å². The first-order valence-corrected chi connectivity index (χ1v) is 8.44. The molecule has 0 aliphatic rings. The van der Waals surface area contributed by atoms with Crippen molar-refractivity contribution in [2.24, 2.45) is 4.99 Å². The molecule has 0 aromatic carbocycles. The van der Waals surface area contributed by atoms with Gasteiger partial charge in [0, 0.05) is 39.0 Å². The Bertz CT molecular complexity index is 629. The molecule has 0 amide bonds. The van der Waals surface area contributed by atoms with Crippen molar-refractivity contribution in [1.29, 1.82) is 0 Å². The van der Waals surface area contributed by atoms with Gasteiger partial charge in [0.15, 0.2) is 5.96 Å². The van der Waals surface area contributed by atoms with Crippen LogP contribution in [0.3, 0.4) is 0 Å². The van der Waals surface area contributed by atoms with Crippen molar-refractivity contribution in [2.45, 2.75) is 26.5 Å². The van der Waals surface area contributed by atoms with Crippen molar-refractivity contribution in [1.82, 2.24) is 15.6 Å². The number of ether oxygens (including phenoxy) is 2. The van der Waals surface area contributed by atoms with Crippen molar-refractivity contribution in [3.8, 4) is 5.88 Å². The minimum absolute atomic E-state index is 0.504. The summed E-state index contributed by atoms with van der Waals surface area (Å²) in [6, 6.07) is 7.63. The number of rotatable bonds is 10. The minimum atomic E-state index is 0.504. The highest BCUT2D eigenvalue weighted by atomic mass is 16.5. The molecule has 2 aromatic heterocycles. The van der Waals surface area contributed by atoms with Crippen LogP contribution in [0, 0.1) is 0 Å². The fraction of sp³-hybridized carbons (Fsp3) is 0.444. The van der Waals surface area contributed by atoms with Gasteiger partial charge in [-0.3, -0.25) is 4.99 Å². The van der Waals surface area contributed by atoms with Crippen LogP contribution in [0.4, 0.5) is 0 Å². The summed E-state index contributed by atoms with van der Waals surface area (Å²) in [7, 11) is 1.75. The van der Waals surface area contributed by atoms with Crippen LogP contribution in [0.25, 0.3) is 0 Å². The lowest BCUT2D eigenvalue weighted by atomic mass is 10.2. The molecule has 7 nitrogen and oxygen atoms in total. The predicted octanol–water partition coefficient (Wildman–Crippen LogP) is 2.35. The third kappa shape index (κ3) is 7.26. The molecule has 0 bridgehead atoms. The van der Waals surface area contributed by atoms with E-state index in [4.69, 9.17) is 13.9 Å². The maximum Gasteiger partial charge on any atom is 0.213 e. The fourth-order valence-electron chi connectivity index (χ4n) is 2.14. The molecule has 7 heteroatoms. The first kappa shape index (κ1) is 18.8. The lowest BCUT2D eigenvalue weighted by Gasteiger charge is -2.12. The zero-order chi connectivity index (χ0) is 17.7. The first-order chi connectivity index (χ1) is 12.3. The van der Waals surface area contributed by atoms with E-state index in [0.29, 0.717) is 32.2 Å². The molecule has 0 unspecified atom stereocenters. The summed E-state index contributed by atoms with van der Waals surface area (Å²) in [4.78, 5) is 8.37. The average Bonchev–Trinajstić information content (AvgIpc) is 3.14. The summed E-state index contributed by atoms with van der Waals surface area (Å²) < 4.78 is 16.2. The van der Waals surface area contributed by atoms with Gasteiger partial charge in [0.05, 0.1) is 12.9 Å². The van der Waals surface area contributed by atoms with E-state index in [9.17, 15) is 0 Å². The van der Waals surface area contributed by atoms with Crippen LogP contribution in [0.2, 0.25) is 0 Å². The Morgan fingerprint density at radius 1 is 1.32 bits per heavy atom. The van der Waals surface area contributed by atoms with Crippen LogP contribution in [-0.4, -0.2) is 37.7 Å². The maximum atomic E-state index is 5.54. The Balaban J connectivity index is 1.61. The minimum Gasteiger partial charge on any atom is -0.478 e. The zero-order valence-corrected chi connectivity index (χ0v) is 14.8. The first-order valence-electron chi connectivity index (χ1n) is 8.44. The fourth-order valence-corrected chi connectivity index (χ4v) is 2.14. The molecule has 2 heterocycles. The number of hydrogen-bond acceptors (Lipinski definition) is 5. The molecule has 2 rings (SSSR count). The maximum absolute atomic E-state index is 5.54. The topological polar surface area (TPSA) is 80.9 Å². The molecule has 0 saturated heterocycles. The van der Waals surface area contributed by atoms with Crippen molar-refractivity contribution in [2.75, 3.05) is 26.8 Å². The van der Waals surface area contributed by atoms with E-state index in [0.717, 1.165) is 30.2 Å². The van der Waals surface area contributed by atoms with Gasteiger partial charge in [-0.05, 0) is 37.1 Å². The van der Waals surface area contributed by atoms with Crippen molar-refractivity contribution in [3.05, 3.63) is 48.0 Å². The molecule has 0 atom stereocenters. The Hall–Kier alpha value is -2.54. The third-order valence-corrected chi connectivity index (χ3v) is 3.36. The van der Waals surface area contributed by atoms with Gasteiger partial charge < -0.3 is 24.5 Å². The van der Waals surface area contributed by atoms with Gasteiger partial charge in [0.2, 0.25) is 5.88 Å².